The van der Waals surface area contributed by atoms with Crippen LogP contribution < -0.4 is 15.8 Å². The van der Waals surface area contributed by atoms with Crippen molar-refractivity contribution in [2.75, 3.05) is 19.0 Å². The molecule has 0 aliphatic rings. The first-order valence-corrected chi connectivity index (χ1v) is 7.39. The Hall–Kier alpha value is -1.59. The number of carbonyl (C=O) groups is 1. The second kappa shape index (κ2) is 9.37. The SMILES string of the molecule is CCC(C)Oc1cccc(NC(=O)C(N)CCCOC)c1. The maximum atomic E-state index is 12.0. The smallest absolute Gasteiger partial charge is 0.241 e. The van der Waals surface area contributed by atoms with Gasteiger partial charge in [-0.25, -0.2) is 0 Å². The number of amides is 1. The lowest BCUT2D eigenvalue weighted by Gasteiger charge is -2.15. The van der Waals surface area contributed by atoms with E-state index in [1.807, 2.05) is 31.2 Å². The molecule has 118 valence electrons. The van der Waals surface area contributed by atoms with Crippen molar-refractivity contribution in [2.45, 2.75) is 45.3 Å². The molecule has 2 unspecified atom stereocenters. The Bertz CT molecular complexity index is 437. The molecule has 5 heteroatoms. The van der Waals surface area contributed by atoms with E-state index in [2.05, 4.69) is 12.2 Å². The first-order valence-electron chi connectivity index (χ1n) is 7.39. The molecular formula is C16H26N2O3. The minimum absolute atomic E-state index is 0.146. The van der Waals surface area contributed by atoms with Crippen LogP contribution in [-0.2, 0) is 9.53 Å². The van der Waals surface area contributed by atoms with Gasteiger partial charge in [-0.1, -0.05) is 13.0 Å². The summed E-state index contributed by atoms with van der Waals surface area (Å²) < 4.78 is 10.7. The van der Waals surface area contributed by atoms with Crippen molar-refractivity contribution < 1.29 is 14.3 Å². The van der Waals surface area contributed by atoms with Crippen LogP contribution in [0, 0.1) is 0 Å². The van der Waals surface area contributed by atoms with E-state index < -0.39 is 6.04 Å². The van der Waals surface area contributed by atoms with Gasteiger partial charge >= 0.3 is 0 Å². The molecule has 1 aromatic rings. The highest BCUT2D eigenvalue weighted by atomic mass is 16.5. The molecule has 1 aromatic carbocycles. The van der Waals surface area contributed by atoms with Crippen molar-refractivity contribution in [3.8, 4) is 5.75 Å². The van der Waals surface area contributed by atoms with Gasteiger partial charge in [0, 0.05) is 25.5 Å². The van der Waals surface area contributed by atoms with E-state index in [9.17, 15) is 4.79 Å². The number of ether oxygens (including phenoxy) is 2. The number of anilines is 1. The second-order valence-corrected chi connectivity index (χ2v) is 5.10. The van der Waals surface area contributed by atoms with Crippen LogP contribution in [0.5, 0.6) is 5.75 Å². The van der Waals surface area contributed by atoms with Crippen LogP contribution in [0.4, 0.5) is 5.69 Å². The number of nitrogens with one attached hydrogen (secondary N) is 1. The Morgan fingerprint density at radius 3 is 2.86 bits per heavy atom. The molecule has 0 fully saturated rings. The highest BCUT2D eigenvalue weighted by Crippen LogP contribution is 2.19. The summed E-state index contributed by atoms with van der Waals surface area (Å²) in [5.41, 5.74) is 6.54. The van der Waals surface area contributed by atoms with Gasteiger partial charge in [0.15, 0.2) is 0 Å². The van der Waals surface area contributed by atoms with Crippen molar-refractivity contribution in [3.05, 3.63) is 24.3 Å². The number of rotatable bonds is 9. The predicted molar refractivity (Wildman–Crippen MR) is 84.5 cm³/mol. The number of hydrogen-bond acceptors (Lipinski definition) is 4. The van der Waals surface area contributed by atoms with E-state index in [1.54, 1.807) is 7.11 Å². The largest absolute Gasteiger partial charge is 0.491 e. The van der Waals surface area contributed by atoms with Crippen molar-refractivity contribution >= 4 is 11.6 Å². The van der Waals surface area contributed by atoms with Gasteiger partial charge in [-0.05, 0) is 38.3 Å². The summed E-state index contributed by atoms with van der Waals surface area (Å²) in [5, 5.41) is 2.82. The van der Waals surface area contributed by atoms with Gasteiger partial charge in [-0.15, -0.1) is 0 Å². The molecule has 0 saturated heterocycles. The third-order valence-corrected chi connectivity index (χ3v) is 3.21. The van der Waals surface area contributed by atoms with Crippen LogP contribution in [0.25, 0.3) is 0 Å². The zero-order valence-corrected chi connectivity index (χ0v) is 13.1. The number of hydrogen-bond donors (Lipinski definition) is 2. The Morgan fingerprint density at radius 2 is 2.19 bits per heavy atom. The van der Waals surface area contributed by atoms with Gasteiger partial charge in [0.2, 0.25) is 5.91 Å². The third kappa shape index (κ3) is 6.60. The maximum Gasteiger partial charge on any atom is 0.241 e. The molecule has 0 heterocycles. The fourth-order valence-corrected chi connectivity index (χ4v) is 1.78. The van der Waals surface area contributed by atoms with Gasteiger partial charge in [-0.3, -0.25) is 4.79 Å². The van der Waals surface area contributed by atoms with E-state index in [0.29, 0.717) is 18.7 Å². The summed E-state index contributed by atoms with van der Waals surface area (Å²) >= 11 is 0. The van der Waals surface area contributed by atoms with Crippen molar-refractivity contribution in [2.24, 2.45) is 5.73 Å². The molecule has 1 amide bonds. The molecule has 2 atom stereocenters. The maximum absolute atomic E-state index is 12.0. The lowest BCUT2D eigenvalue weighted by atomic mass is 10.1. The summed E-state index contributed by atoms with van der Waals surface area (Å²) in [4.78, 5) is 12.0. The molecule has 0 aliphatic heterocycles. The normalized spacial score (nSPS) is 13.5. The number of carbonyl (C=O) groups excluding carboxylic acids is 1. The first kappa shape index (κ1) is 17.5. The highest BCUT2D eigenvalue weighted by molar-refractivity contribution is 5.94. The average molecular weight is 294 g/mol. The monoisotopic (exact) mass is 294 g/mol. The Kier molecular flexibility index (Phi) is 7.79. The van der Waals surface area contributed by atoms with Crippen LogP contribution in [0.15, 0.2) is 24.3 Å². The average Bonchev–Trinajstić information content (AvgIpc) is 2.47. The molecule has 0 spiro atoms. The summed E-state index contributed by atoms with van der Waals surface area (Å²) in [6, 6.07) is 6.83. The summed E-state index contributed by atoms with van der Waals surface area (Å²) in [6.45, 7) is 4.69. The number of benzene rings is 1. The van der Waals surface area contributed by atoms with E-state index in [0.717, 1.165) is 18.6 Å². The van der Waals surface area contributed by atoms with E-state index in [4.69, 9.17) is 15.2 Å². The lowest BCUT2D eigenvalue weighted by Crippen LogP contribution is -2.35. The minimum Gasteiger partial charge on any atom is -0.491 e. The molecule has 0 bridgehead atoms. The van der Waals surface area contributed by atoms with Gasteiger partial charge in [0.25, 0.3) is 0 Å². The van der Waals surface area contributed by atoms with Gasteiger partial charge in [0.05, 0.1) is 12.1 Å². The molecular weight excluding hydrogens is 268 g/mol. The summed E-state index contributed by atoms with van der Waals surface area (Å²) in [7, 11) is 1.63. The third-order valence-electron chi connectivity index (χ3n) is 3.21. The van der Waals surface area contributed by atoms with Gasteiger partial charge in [-0.2, -0.15) is 0 Å². The van der Waals surface area contributed by atoms with Crippen LogP contribution in [0.1, 0.15) is 33.1 Å². The first-order chi connectivity index (χ1) is 10.1. The predicted octanol–water partition coefficient (Wildman–Crippen LogP) is 2.56. The molecule has 0 radical (unpaired) electrons. The quantitative estimate of drug-likeness (QED) is 0.686. The molecule has 5 nitrogen and oxygen atoms in total. The van der Waals surface area contributed by atoms with E-state index in [-0.39, 0.29) is 12.0 Å². The standard InChI is InChI=1S/C16H26N2O3/c1-4-12(2)21-14-8-5-7-13(11-14)18-16(19)15(17)9-6-10-20-3/h5,7-8,11-12,15H,4,6,9-10,17H2,1-3H3,(H,18,19). The molecule has 0 aromatic heterocycles. The summed E-state index contributed by atoms with van der Waals surface area (Å²) in [5.74, 6) is 0.557. The van der Waals surface area contributed by atoms with Crippen molar-refractivity contribution in [3.63, 3.8) is 0 Å². The van der Waals surface area contributed by atoms with Crippen LogP contribution in [0.3, 0.4) is 0 Å². The molecule has 0 aliphatic carbocycles. The van der Waals surface area contributed by atoms with Crippen LogP contribution >= 0.6 is 0 Å². The van der Waals surface area contributed by atoms with Crippen molar-refractivity contribution in [1.29, 1.82) is 0 Å². The van der Waals surface area contributed by atoms with Gasteiger partial charge < -0.3 is 20.5 Å². The Labute approximate surface area is 126 Å². The fourth-order valence-electron chi connectivity index (χ4n) is 1.78. The van der Waals surface area contributed by atoms with Crippen molar-refractivity contribution in [1.82, 2.24) is 0 Å². The zero-order chi connectivity index (χ0) is 15.7. The zero-order valence-electron chi connectivity index (χ0n) is 13.1. The minimum atomic E-state index is -0.528. The Morgan fingerprint density at radius 1 is 1.43 bits per heavy atom. The number of methoxy groups -OCH3 is 1. The Balaban J connectivity index is 2.53. The topological polar surface area (TPSA) is 73.6 Å². The molecule has 21 heavy (non-hydrogen) atoms. The van der Waals surface area contributed by atoms with E-state index >= 15 is 0 Å². The van der Waals surface area contributed by atoms with E-state index in [1.165, 1.54) is 0 Å². The number of nitrogens with two attached hydrogens (primary N) is 1. The lowest BCUT2D eigenvalue weighted by molar-refractivity contribution is -0.117. The van der Waals surface area contributed by atoms with Gasteiger partial charge in [0.1, 0.15) is 5.75 Å². The van der Waals surface area contributed by atoms with Crippen LogP contribution in [-0.4, -0.2) is 31.8 Å². The fraction of sp³-hybridized carbons (Fsp3) is 0.562. The molecule has 1 rings (SSSR count). The summed E-state index contributed by atoms with van der Waals surface area (Å²) in [6.07, 6.45) is 2.44. The second-order valence-electron chi connectivity index (χ2n) is 5.10. The molecule has 0 saturated carbocycles. The van der Waals surface area contributed by atoms with Crippen LogP contribution in [0.2, 0.25) is 0 Å². The highest BCUT2D eigenvalue weighted by Gasteiger charge is 2.13. The molecule has 3 N–H and O–H groups in total.